The highest BCUT2D eigenvalue weighted by molar-refractivity contribution is 7.99. The van der Waals surface area contributed by atoms with Gasteiger partial charge in [-0.3, -0.25) is 9.59 Å². The first-order valence-electron chi connectivity index (χ1n) is 7.64. The molecular formula is C18H18N2O2S2. The van der Waals surface area contributed by atoms with Gasteiger partial charge >= 0.3 is 0 Å². The third-order valence-electron chi connectivity index (χ3n) is 3.85. The van der Waals surface area contributed by atoms with E-state index in [9.17, 15) is 9.59 Å². The predicted molar refractivity (Wildman–Crippen MR) is 101 cm³/mol. The maximum Gasteiger partial charge on any atom is 0.254 e. The van der Waals surface area contributed by atoms with Crippen molar-refractivity contribution in [2.45, 2.75) is 6.04 Å². The van der Waals surface area contributed by atoms with E-state index in [0.717, 1.165) is 18.1 Å². The second-order valence-corrected chi connectivity index (χ2v) is 7.50. The van der Waals surface area contributed by atoms with E-state index in [0.29, 0.717) is 11.3 Å². The largest absolute Gasteiger partial charge is 0.329 e. The number of amides is 2. The van der Waals surface area contributed by atoms with Crippen LogP contribution in [0.4, 0.5) is 5.69 Å². The fraction of sp³-hybridized carbons (Fsp3) is 0.222. The van der Waals surface area contributed by atoms with Gasteiger partial charge in [-0.2, -0.15) is 11.8 Å². The van der Waals surface area contributed by atoms with Gasteiger partial charge in [0.05, 0.1) is 6.04 Å². The van der Waals surface area contributed by atoms with Gasteiger partial charge in [0, 0.05) is 34.2 Å². The number of thiophene rings is 1. The van der Waals surface area contributed by atoms with E-state index in [2.05, 4.69) is 18.0 Å². The van der Waals surface area contributed by atoms with E-state index < -0.39 is 0 Å². The Labute approximate surface area is 149 Å². The Kier molecular flexibility index (Phi) is 5.37. The van der Waals surface area contributed by atoms with Gasteiger partial charge in [-0.25, -0.2) is 0 Å². The van der Waals surface area contributed by atoms with E-state index in [4.69, 9.17) is 0 Å². The lowest BCUT2D eigenvalue weighted by Gasteiger charge is -2.35. The van der Waals surface area contributed by atoms with Gasteiger partial charge in [-0.05, 0) is 41.8 Å². The first-order valence-corrected chi connectivity index (χ1v) is 9.68. The molecule has 1 N–H and O–H groups in total. The molecule has 1 fully saturated rings. The van der Waals surface area contributed by atoms with Gasteiger partial charge in [0.15, 0.2) is 0 Å². The maximum atomic E-state index is 12.9. The molecule has 1 saturated heterocycles. The molecule has 24 heavy (non-hydrogen) atoms. The van der Waals surface area contributed by atoms with E-state index in [-0.39, 0.29) is 17.9 Å². The predicted octanol–water partition coefficient (Wildman–Crippen LogP) is 3.80. The number of hydrogen-bond acceptors (Lipinski definition) is 4. The molecular weight excluding hydrogens is 340 g/mol. The molecule has 1 aromatic carbocycles. The van der Waals surface area contributed by atoms with Gasteiger partial charge < -0.3 is 10.2 Å². The molecule has 0 aliphatic carbocycles. The second-order valence-electron chi connectivity index (χ2n) is 5.38. The Balaban J connectivity index is 1.77. The number of thioether (sulfide) groups is 1. The minimum atomic E-state index is -0.264. The summed E-state index contributed by atoms with van der Waals surface area (Å²) in [7, 11) is 0. The zero-order chi connectivity index (χ0) is 16.9. The molecule has 1 aliphatic rings. The minimum absolute atomic E-state index is 0.0373. The van der Waals surface area contributed by atoms with Gasteiger partial charge in [-0.1, -0.05) is 12.6 Å². The third-order valence-corrected chi connectivity index (χ3v) is 5.84. The zero-order valence-corrected chi connectivity index (χ0v) is 14.7. The Morgan fingerprint density at radius 3 is 2.71 bits per heavy atom. The number of carbonyl (C=O) groups is 2. The highest BCUT2D eigenvalue weighted by atomic mass is 32.2. The van der Waals surface area contributed by atoms with E-state index >= 15 is 0 Å². The number of nitrogens with one attached hydrogen (secondary N) is 1. The van der Waals surface area contributed by atoms with Gasteiger partial charge in [0.1, 0.15) is 0 Å². The molecule has 1 atom stereocenters. The van der Waals surface area contributed by atoms with Crippen molar-refractivity contribution >= 4 is 40.6 Å². The van der Waals surface area contributed by atoms with Crippen LogP contribution in [0.1, 0.15) is 21.3 Å². The summed E-state index contributed by atoms with van der Waals surface area (Å²) in [6.07, 6.45) is 1.22. The maximum absolute atomic E-state index is 12.9. The van der Waals surface area contributed by atoms with E-state index in [1.54, 1.807) is 35.6 Å². The lowest BCUT2D eigenvalue weighted by molar-refractivity contribution is -0.111. The Morgan fingerprint density at radius 2 is 2.04 bits per heavy atom. The van der Waals surface area contributed by atoms with Crippen LogP contribution in [0.2, 0.25) is 0 Å². The molecule has 4 nitrogen and oxygen atoms in total. The normalized spacial score (nSPS) is 17.3. The first kappa shape index (κ1) is 16.8. The number of anilines is 1. The van der Waals surface area contributed by atoms with Crippen LogP contribution in [0.15, 0.2) is 54.4 Å². The van der Waals surface area contributed by atoms with Gasteiger partial charge in [0.2, 0.25) is 5.91 Å². The van der Waals surface area contributed by atoms with Gasteiger partial charge in [0.25, 0.3) is 5.91 Å². The van der Waals surface area contributed by atoms with Crippen molar-refractivity contribution in [3.8, 4) is 0 Å². The summed E-state index contributed by atoms with van der Waals surface area (Å²) in [5.41, 5.74) is 1.29. The average Bonchev–Trinajstić information content (AvgIpc) is 3.16. The minimum Gasteiger partial charge on any atom is -0.329 e. The Morgan fingerprint density at radius 1 is 1.25 bits per heavy atom. The molecule has 1 unspecified atom stereocenters. The molecule has 2 heterocycles. The summed E-state index contributed by atoms with van der Waals surface area (Å²) in [5.74, 6) is 1.66. The summed E-state index contributed by atoms with van der Waals surface area (Å²) in [6.45, 7) is 4.17. The highest BCUT2D eigenvalue weighted by Crippen LogP contribution is 2.33. The fourth-order valence-corrected chi connectivity index (χ4v) is 4.64. The lowest BCUT2D eigenvalue weighted by atomic mass is 10.1. The molecule has 0 radical (unpaired) electrons. The number of nitrogens with zero attached hydrogens (tertiary/aromatic N) is 1. The van der Waals surface area contributed by atoms with Crippen LogP contribution in [0.5, 0.6) is 0 Å². The lowest BCUT2D eigenvalue weighted by Crippen LogP contribution is -2.40. The summed E-state index contributed by atoms with van der Waals surface area (Å²) in [5, 5.41) is 4.73. The van der Waals surface area contributed by atoms with Crippen LogP contribution >= 0.6 is 23.1 Å². The van der Waals surface area contributed by atoms with Crippen molar-refractivity contribution in [3.63, 3.8) is 0 Å². The Bertz CT molecular complexity index is 726. The zero-order valence-electron chi connectivity index (χ0n) is 13.1. The molecule has 3 rings (SSSR count). The number of carbonyl (C=O) groups excluding carboxylic acids is 2. The molecule has 1 aliphatic heterocycles. The number of benzene rings is 1. The summed E-state index contributed by atoms with van der Waals surface area (Å²) >= 11 is 3.58. The summed E-state index contributed by atoms with van der Waals surface area (Å²) in [6, 6.07) is 11.3. The summed E-state index contributed by atoms with van der Waals surface area (Å²) in [4.78, 5) is 27.4. The quantitative estimate of drug-likeness (QED) is 0.846. The van der Waals surface area contributed by atoms with E-state index in [1.165, 1.54) is 11.0 Å². The Hall–Kier alpha value is -2.05. The molecule has 0 bridgehead atoms. The number of rotatable bonds is 4. The van der Waals surface area contributed by atoms with Gasteiger partial charge in [-0.15, -0.1) is 11.3 Å². The van der Waals surface area contributed by atoms with Crippen molar-refractivity contribution in [1.82, 2.24) is 4.90 Å². The number of hydrogen-bond donors (Lipinski definition) is 1. The standard InChI is InChI=1S/C18H18N2O2S2/c1-2-17(21)19-14-7-5-13(6-8-14)18(22)20-9-11-23-12-15(20)16-4-3-10-24-16/h2-8,10,15H,1,9,11-12H2,(H,19,21). The van der Waals surface area contributed by atoms with Crippen molar-refractivity contribution < 1.29 is 9.59 Å². The summed E-state index contributed by atoms with van der Waals surface area (Å²) < 4.78 is 0. The van der Waals surface area contributed by atoms with E-state index in [1.807, 2.05) is 28.1 Å². The second kappa shape index (κ2) is 7.68. The molecule has 0 saturated carbocycles. The SMILES string of the molecule is C=CC(=O)Nc1ccc(C(=O)N2CCSCC2c2cccs2)cc1. The molecule has 0 spiro atoms. The highest BCUT2D eigenvalue weighted by Gasteiger charge is 2.29. The van der Waals surface area contributed by atoms with Crippen LogP contribution in [-0.2, 0) is 4.79 Å². The topological polar surface area (TPSA) is 49.4 Å². The molecule has 2 aromatic rings. The van der Waals surface area contributed by atoms with Crippen LogP contribution < -0.4 is 5.32 Å². The van der Waals surface area contributed by atoms with Crippen LogP contribution in [-0.4, -0.2) is 34.8 Å². The average molecular weight is 358 g/mol. The van der Waals surface area contributed by atoms with Crippen molar-refractivity contribution in [3.05, 3.63) is 64.9 Å². The van der Waals surface area contributed by atoms with Crippen LogP contribution in [0.3, 0.4) is 0 Å². The third kappa shape index (κ3) is 3.71. The fourth-order valence-electron chi connectivity index (χ4n) is 2.62. The van der Waals surface area contributed by atoms with Crippen LogP contribution in [0.25, 0.3) is 0 Å². The first-order chi connectivity index (χ1) is 11.7. The van der Waals surface area contributed by atoms with Crippen molar-refractivity contribution in [1.29, 1.82) is 0 Å². The van der Waals surface area contributed by atoms with Crippen molar-refractivity contribution in [2.24, 2.45) is 0 Å². The van der Waals surface area contributed by atoms with Crippen LogP contribution in [0, 0.1) is 0 Å². The monoisotopic (exact) mass is 358 g/mol. The molecule has 2 amide bonds. The van der Waals surface area contributed by atoms with Crippen molar-refractivity contribution in [2.75, 3.05) is 23.4 Å². The molecule has 6 heteroatoms. The smallest absolute Gasteiger partial charge is 0.254 e. The molecule has 124 valence electrons. The molecule has 1 aromatic heterocycles.